The van der Waals surface area contributed by atoms with Crippen molar-refractivity contribution in [3.8, 4) is 0 Å². The molecule has 3 nitrogen and oxygen atoms in total. The summed E-state index contributed by atoms with van der Waals surface area (Å²) in [5, 5.41) is 13.4. The molecule has 0 heterocycles. The lowest BCUT2D eigenvalue weighted by molar-refractivity contribution is -0.306. The first-order valence-corrected chi connectivity index (χ1v) is 4.26. The highest BCUT2D eigenvalue weighted by Gasteiger charge is 2.05. The number of benzene rings is 1. The van der Waals surface area contributed by atoms with E-state index in [1.165, 1.54) is 0 Å². The molecule has 1 aromatic rings. The maximum Gasteiger partial charge on any atom is 0.0656 e. The van der Waals surface area contributed by atoms with Crippen LogP contribution in [0.4, 0.5) is 5.69 Å². The minimum Gasteiger partial charge on any atom is -0.548 e. The molecule has 0 spiro atoms. The summed E-state index contributed by atoms with van der Waals surface area (Å²) < 4.78 is 0. The van der Waals surface area contributed by atoms with E-state index in [9.17, 15) is 9.90 Å². The molecular formula is C10H12NO2-. The van der Waals surface area contributed by atoms with Crippen molar-refractivity contribution in [2.24, 2.45) is 0 Å². The molecule has 1 atom stereocenters. The van der Waals surface area contributed by atoms with E-state index in [-0.39, 0.29) is 0 Å². The number of carbonyl (C=O) groups excluding carboxylic acids is 1. The Morgan fingerprint density at radius 2 is 2.08 bits per heavy atom. The van der Waals surface area contributed by atoms with Crippen molar-refractivity contribution in [3.63, 3.8) is 0 Å². The van der Waals surface area contributed by atoms with Crippen LogP contribution in [0.5, 0.6) is 0 Å². The SMILES string of the molecule is CC[C@H](Nc1ccccc1)C(=O)[O-]. The second-order valence-corrected chi connectivity index (χ2v) is 2.79. The van der Waals surface area contributed by atoms with Crippen molar-refractivity contribution in [1.82, 2.24) is 0 Å². The van der Waals surface area contributed by atoms with E-state index in [1.54, 1.807) is 6.92 Å². The maximum absolute atomic E-state index is 10.6. The average molecular weight is 178 g/mol. The molecule has 13 heavy (non-hydrogen) atoms. The van der Waals surface area contributed by atoms with Crippen molar-refractivity contribution < 1.29 is 9.90 Å². The number of rotatable bonds is 4. The average Bonchev–Trinajstić information content (AvgIpc) is 2.15. The zero-order valence-corrected chi connectivity index (χ0v) is 7.49. The van der Waals surface area contributed by atoms with Crippen LogP contribution in [0.25, 0.3) is 0 Å². The van der Waals surface area contributed by atoms with Crippen molar-refractivity contribution in [2.45, 2.75) is 19.4 Å². The fourth-order valence-corrected chi connectivity index (χ4v) is 1.06. The number of nitrogens with one attached hydrogen (secondary N) is 1. The number of para-hydroxylation sites is 1. The van der Waals surface area contributed by atoms with Gasteiger partial charge in [0, 0.05) is 5.69 Å². The lowest BCUT2D eigenvalue weighted by atomic mass is 10.2. The Balaban J connectivity index is 2.62. The summed E-state index contributed by atoms with van der Waals surface area (Å²) in [5.74, 6) is -1.06. The number of anilines is 1. The fraction of sp³-hybridized carbons (Fsp3) is 0.300. The molecule has 70 valence electrons. The zero-order valence-electron chi connectivity index (χ0n) is 7.49. The Morgan fingerprint density at radius 1 is 1.46 bits per heavy atom. The summed E-state index contributed by atoms with van der Waals surface area (Å²) in [6.07, 6.45) is 0.511. The summed E-state index contributed by atoms with van der Waals surface area (Å²) in [4.78, 5) is 10.6. The van der Waals surface area contributed by atoms with Gasteiger partial charge in [-0.1, -0.05) is 25.1 Å². The predicted molar refractivity (Wildman–Crippen MR) is 49.2 cm³/mol. The van der Waals surface area contributed by atoms with Crippen molar-refractivity contribution in [3.05, 3.63) is 30.3 Å². The molecule has 0 aliphatic heterocycles. The first-order valence-electron chi connectivity index (χ1n) is 4.26. The molecule has 0 saturated heterocycles. The first-order chi connectivity index (χ1) is 6.24. The van der Waals surface area contributed by atoms with E-state index < -0.39 is 12.0 Å². The molecule has 1 N–H and O–H groups in total. The molecule has 0 bridgehead atoms. The minimum absolute atomic E-state index is 0.511. The summed E-state index contributed by atoms with van der Waals surface area (Å²) in [6.45, 7) is 1.80. The van der Waals surface area contributed by atoms with Gasteiger partial charge in [-0.2, -0.15) is 0 Å². The molecule has 0 amide bonds. The van der Waals surface area contributed by atoms with Gasteiger partial charge in [0.25, 0.3) is 0 Å². The molecular weight excluding hydrogens is 166 g/mol. The van der Waals surface area contributed by atoms with Crippen LogP contribution in [0.15, 0.2) is 30.3 Å². The standard InChI is InChI=1S/C10H13NO2/c1-2-9(10(12)13)11-8-6-4-3-5-7-8/h3-7,9,11H,2H2,1H3,(H,12,13)/p-1/t9-/m0/s1. The molecule has 0 aliphatic rings. The summed E-state index contributed by atoms with van der Waals surface area (Å²) >= 11 is 0. The molecule has 1 rings (SSSR count). The molecule has 0 saturated carbocycles. The number of aliphatic carboxylic acids is 1. The summed E-state index contributed by atoms with van der Waals surface area (Å²) in [7, 11) is 0. The summed E-state index contributed by atoms with van der Waals surface area (Å²) in [6, 6.07) is 8.62. The monoisotopic (exact) mass is 178 g/mol. The minimum atomic E-state index is -1.06. The molecule has 0 radical (unpaired) electrons. The Morgan fingerprint density at radius 3 is 2.54 bits per heavy atom. The van der Waals surface area contributed by atoms with Crippen LogP contribution < -0.4 is 10.4 Å². The van der Waals surface area contributed by atoms with Gasteiger partial charge in [-0.05, 0) is 18.6 Å². The zero-order chi connectivity index (χ0) is 9.68. The van der Waals surface area contributed by atoms with Crippen LogP contribution in [0, 0.1) is 0 Å². The third-order valence-corrected chi connectivity index (χ3v) is 1.81. The van der Waals surface area contributed by atoms with Gasteiger partial charge in [0.05, 0.1) is 12.0 Å². The van der Waals surface area contributed by atoms with Crippen LogP contribution in [-0.2, 0) is 4.79 Å². The predicted octanol–water partition coefficient (Wildman–Crippen LogP) is 0.627. The maximum atomic E-state index is 10.6. The van der Waals surface area contributed by atoms with E-state index in [0.29, 0.717) is 6.42 Å². The second kappa shape index (κ2) is 4.50. The number of carbonyl (C=O) groups is 1. The van der Waals surface area contributed by atoms with Gasteiger partial charge in [0.15, 0.2) is 0 Å². The number of carboxylic acid groups (broad SMARTS) is 1. The van der Waals surface area contributed by atoms with E-state index >= 15 is 0 Å². The molecule has 3 heteroatoms. The number of hydrogen-bond donors (Lipinski definition) is 1. The molecule has 0 aliphatic carbocycles. The van der Waals surface area contributed by atoms with Crippen LogP contribution in [0.1, 0.15) is 13.3 Å². The van der Waals surface area contributed by atoms with Gasteiger partial charge in [0.1, 0.15) is 0 Å². The van der Waals surface area contributed by atoms with Gasteiger partial charge < -0.3 is 15.2 Å². The molecule has 1 aromatic carbocycles. The van der Waals surface area contributed by atoms with Crippen LogP contribution in [0.3, 0.4) is 0 Å². The van der Waals surface area contributed by atoms with Crippen LogP contribution >= 0.6 is 0 Å². The number of carboxylic acids is 1. The van der Waals surface area contributed by atoms with Crippen molar-refractivity contribution in [2.75, 3.05) is 5.32 Å². The summed E-state index contributed by atoms with van der Waals surface area (Å²) in [5.41, 5.74) is 0.804. The third kappa shape index (κ3) is 2.78. The smallest absolute Gasteiger partial charge is 0.0656 e. The molecule has 0 fully saturated rings. The van der Waals surface area contributed by atoms with Gasteiger partial charge in [-0.3, -0.25) is 0 Å². The van der Waals surface area contributed by atoms with Crippen molar-refractivity contribution >= 4 is 11.7 Å². The quantitative estimate of drug-likeness (QED) is 0.735. The lowest BCUT2D eigenvalue weighted by Crippen LogP contribution is -2.40. The van der Waals surface area contributed by atoms with Gasteiger partial charge in [-0.25, -0.2) is 0 Å². The van der Waals surface area contributed by atoms with Crippen LogP contribution in [-0.4, -0.2) is 12.0 Å². The van der Waals surface area contributed by atoms with E-state index in [0.717, 1.165) is 5.69 Å². The lowest BCUT2D eigenvalue weighted by Gasteiger charge is -2.18. The van der Waals surface area contributed by atoms with E-state index in [1.807, 2.05) is 30.3 Å². The Hall–Kier alpha value is -1.51. The first kappa shape index (κ1) is 9.58. The van der Waals surface area contributed by atoms with E-state index in [4.69, 9.17) is 0 Å². The fourth-order valence-electron chi connectivity index (χ4n) is 1.06. The van der Waals surface area contributed by atoms with Crippen molar-refractivity contribution in [1.29, 1.82) is 0 Å². The molecule has 0 aromatic heterocycles. The highest BCUT2D eigenvalue weighted by Crippen LogP contribution is 2.07. The second-order valence-electron chi connectivity index (χ2n) is 2.79. The van der Waals surface area contributed by atoms with Gasteiger partial charge in [-0.15, -0.1) is 0 Å². The topological polar surface area (TPSA) is 52.2 Å². The van der Waals surface area contributed by atoms with E-state index in [2.05, 4.69) is 5.32 Å². The largest absolute Gasteiger partial charge is 0.548 e. The van der Waals surface area contributed by atoms with Crippen LogP contribution in [0.2, 0.25) is 0 Å². The normalized spacial score (nSPS) is 12.1. The molecule has 0 unspecified atom stereocenters. The Labute approximate surface area is 77.4 Å². The Kier molecular flexibility index (Phi) is 3.31. The third-order valence-electron chi connectivity index (χ3n) is 1.81. The highest BCUT2D eigenvalue weighted by molar-refractivity contribution is 5.75. The highest BCUT2D eigenvalue weighted by atomic mass is 16.4. The van der Waals surface area contributed by atoms with Gasteiger partial charge >= 0.3 is 0 Å². The van der Waals surface area contributed by atoms with Gasteiger partial charge in [0.2, 0.25) is 0 Å². The Bertz CT molecular complexity index is 272. The number of hydrogen-bond acceptors (Lipinski definition) is 3.